The maximum atomic E-state index is 12.6. The number of aromatic nitrogens is 1. The molecule has 1 aliphatic carbocycles. The Hall–Kier alpha value is -0.276. The number of nitrogens with zero attached hydrogens (tertiary/aromatic N) is 2. The molecule has 2 heterocycles. The molecule has 3 rings (SSSR count). The van der Waals surface area contributed by atoms with Crippen molar-refractivity contribution in [2.45, 2.75) is 58.9 Å². The van der Waals surface area contributed by atoms with Crippen molar-refractivity contribution in [3.05, 3.63) is 23.9 Å². The Bertz CT molecular complexity index is 512. The number of aryl methyl sites for hydroxylation is 1. The van der Waals surface area contributed by atoms with E-state index in [4.69, 9.17) is 0 Å². The third kappa shape index (κ3) is 3.10. The van der Waals surface area contributed by atoms with E-state index in [9.17, 15) is 4.79 Å². The van der Waals surface area contributed by atoms with Crippen molar-refractivity contribution in [2.75, 3.05) is 4.90 Å². The summed E-state index contributed by atoms with van der Waals surface area (Å²) in [6, 6.07) is 5.48. The molecule has 1 aromatic heterocycles. The molecule has 21 heavy (non-hydrogen) atoms. The first-order valence-corrected chi connectivity index (χ1v) is 7.71. The van der Waals surface area contributed by atoms with Gasteiger partial charge < -0.3 is 9.88 Å². The van der Waals surface area contributed by atoms with Crippen LogP contribution in [0.4, 0.5) is 5.82 Å². The SMILES string of the molecule is CCc1[c-]cc(N2C(=O)CC(C)(C)C3CCCC32)nc1.[Y]. The molecule has 1 saturated heterocycles. The molecule has 1 amide bonds. The molecule has 0 bridgehead atoms. The zero-order valence-electron chi connectivity index (χ0n) is 13.2. The molecule has 1 saturated carbocycles. The minimum atomic E-state index is 0. The summed E-state index contributed by atoms with van der Waals surface area (Å²) >= 11 is 0. The van der Waals surface area contributed by atoms with E-state index in [-0.39, 0.29) is 44.0 Å². The number of carbonyl (C=O) groups excluding carboxylic acids is 1. The average Bonchev–Trinajstić information content (AvgIpc) is 2.89. The van der Waals surface area contributed by atoms with E-state index in [1.54, 1.807) is 0 Å². The van der Waals surface area contributed by atoms with Gasteiger partial charge in [0.15, 0.2) is 0 Å². The molecule has 3 nitrogen and oxygen atoms in total. The van der Waals surface area contributed by atoms with Crippen LogP contribution < -0.4 is 4.90 Å². The molecule has 0 spiro atoms. The van der Waals surface area contributed by atoms with Gasteiger partial charge in [0.2, 0.25) is 5.91 Å². The van der Waals surface area contributed by atoms with Crippen molar-refractivity contribution >= 4 is 11.7 Å². The van der Waals surface area contributed by atoms with Crippen LogP contribution in [0.3, 0.4) is 0 Å². The minimum absolute atomic E-state index is 0. The van der Waals surface area contributed by atoms with Gasteiger partial charge in [0.25, 0.3) is 0 Å². The third-order valence-electron chi connectivity index (χ3n) is 5.06. The summed E-state index contributed by atoms with van der Waals surface area (Å²) < 4.78 is 0. The molecule has 1 aromatic rings. The number of amides is 1. The van der Waals surface area contributed by atoms with Crippen LogP contribution in [0, 0.1) is 17.4 Å². The number of rotatable bonds is 2. The predicted octanol–water partition coefficient (Wildman–Crippen LogP) is 3.37. The number of hydrogen-bond acceptors (Lipinski definition) is 2. The summed E-state index contributed by atoms with van der Waals surface area (Å²) in [6.07, 6.45) is 6.98. The Morgan fingerprint density at radius 3 is 2.81 bits per heavy atom. The van der Waals surface area contributed by atoms with Crippen LogP contribution in [0.2, 0.25) is 0 Å². The van der Waals surface area contributed by atoms with Crippen molar-refractivity contribution in [2.24, 2.45) is 11.3 Å². The number of pyridine rings is 1. The molecule has 1 radical (unpaired) electrons. The third-order valence-corrected chi connectivity index (χ3v) is 5.06. The van der Waals surface area contributed by atoms with E-state index in [0.29, 0.717) is 18.4 Å². The fourth-order valence-electron chi connectivity index (χ4n) is 3.95. The zero-order valence-corrected chi connectivity index (χ0v) is 16.1. The zero-order chi connectivity index (χ0) is 14.3. The largest absolute Gasteiger partial charge is 0.367 e. The topological polar surface area (TPSA) is 33.2 Å². The molecular formula is C17H23N2OY-. The molecule has 4 heteroatoms. The van der Waals surface area contributed by atoms with E-state index >= 15 is 0 Å². The summed E-state index contributed by atoms with van der Waals surface area (Å²) in [6.45, 7) is 6.57. The van der Waals surface area contributed by atoms with E-state index in [1.165, 1.54) is 12.8 Å². The van der Waals surface area contributed by atoms with Crippen LogP contribution >= 0.6 is 0 Å². The quantitative estimate of drug-likeness (QED) is 0.758. The second kappa shape index (κ2) is 6.46. The number of hydrogen-bond donors (Lipinski definition) is 0. The molecule has 2 fully saturated rings. The Labute approximate surface area is 152 Å². The fourth-order valence-corrected chi connectivity index (χ4v) is 3.95. The first-order chi connectivity index (χ1) is 9.53. The van der Waals surface area contributed by atoms with Crippen molar-refractivity contribution in [3.63, 3.8) is 0 Å². The fraction of sp³-hybridized carbons (Fsp3) is 0.647. The minimum Gasteiger partial charge on any atom is -0.367 e. The average molecular weight is 360 g/mol. The molecule has 0 aromatic carbocycles. The summed E-state index contributed by atoms with van der Waals surface area (Å²) in [5.74, 6) is 1.62. The van der Waals surface area contributed by atoms with Crippen molar-refractivity contribution in [1.82, 2.24) is 4.98 Å². The molecular weight excluding hydrogens is 337 g/mol. The van der Waals surface area contributed by atoms with Gasteiger partial charge in [-0.1, -0.05) is 39.8 Å². The van der Waals surface area contributed by atoms with Gasteiger partial charge in [0.05, 0.1) is 0 Å². The van der Waals surface area contributed by atoms with Gasteiger partial charge in [-0.25, -0.2) is 0 Å². The van der Waals surface area contributed by atoms with Gasteiger partial charge in [0, 0.05) is 51.0 Å². The van der Waals surface area contributed by atoms with Gasteiger partial charge in [-0.05, 0) is 24.2 Å². The second-order valence-corrected chi connectivity index (χ2v) is 6.82. The molecule has 0 N–H and O–H groups in total. The number of piperidine rings is 1. The maximum Gasteiger partial charge on any atom is 0.217 e. The van der Waals surface area contributed by atoms with E-state index in [2.05, 4.69) is 31.8 Å². The maximum absolute atomic E-state index is 12.6. The summed E-state index contributed by atoms with van der Waals surface area (Å²) in [7, 11) is 0. The Kier molecular flexibility index (Phi) is 5.25. The summed E-state index contributed by atoms with van der Waals surface area (Å²) in [4.78, 5) is 19.0. The van der Waals surface area contributed by atoms with Crippen molar-refractivity contribution < 1.29 is 37.5 Å². The second-order valence-electron chi connectivity index (χ2n) is 6.82. The van der Waals surface area contributed by atoms with Crippen LogP contribution in [0.5, 0.6) is 0 Å². The Morgan fingerprint density at radius 2 is 2.19 bits per heavy atom. The predicted molar refractivity (Wildman–Crippen MR) is 79.5 cm³/mol. The molecule has 1 aliphatic heterocycles. The molecule has 2 unspecified atom stereocenters. The molecule has 111 valence electrons. The standard InChI is InChI=1S/C17H23N2O.Y/c1-4-12-8-9-15(18-11-12)19-14-7-5-6-13(14)17(2,3)10-16(19)20;/h9,11,13-14H,4-7,10H2,1-3H3;/q-1;. The van der Waals surface area contributed by atoms with Crippen molar-refractivity contribution in [1.29, 1.82) is 0 Å². The first kappa shape index (κ1) is 17.1. The van der Waals surface area contributed by atoms with E-state index in [0.717, 1.165) is 24.2 Å². The van der Waals surface area contributed by atoms with Gasteiger partial charge in [-0.3, -0.25) is 4.79 Å². The van der Waals surface area contributed by atoms with Gasteiger partial charge >= 0.3 is 0 Å². The van der Waals surface area contributed by atoms with E-state index < -0.39 is 0 Å². The van der Waals surface area contributed by atoms with Crippen LogP contribution in [0.1, 0.15) is 52.0 Å². The Morgan fingerprint density at radius 1 is 1.43 bits per heavy atom. The van der Waals surface area contributed by atoms with E-state index in [1.807, 2.05) is 17.2 Å². The monoisotopic (exact) mass is 360 g/mol. The van der Waals surface area contributed by atoms with Crippen LogP contribution in [0.15, 0.2) is 12.3 Å². The molecule has 2 aliphatic rings. The smallest absolute Gasteiger partial charge is 0.217 e. The normalized spacial score (nSPS) is 27.2. The van der Waals surface area contributed by atoms with Gasteiger partial charge in [-0.15, -0.1) is 11.6 Å². The number of fused-ring (bicyclic) bond motifs is 1. The van der Waals surface area contributed by atoms with Crippen LogP contribution in [0.25, 0.3) is 0 Å². The van der Waals surface area contributed by atoms with Crippen LogP contribution in [-0.4, -0.2) is 16.9 Å². The van der Waals surface area contributed by atoms with Gasteiger partial charge in [-0.2, -0.15) is 6.07 Å². The number of carbonyl (C=O) groups is 1. The Balaban J connectivity index is 0.00000161. The summed E-state index contributed by atoms with van der Waals surface area (Å²) in [5, 5.41) is 0. The summed E-state index contributed by atoms with van der Waals surface area (Å²) in [5.41, 5.74) is 1.23. The van der Waals surface area contributed by atoms with Gasteiger partial charge in [0.1, 0.15) is 0 Å². The van der Waals surface area contributed by atoms with Crippen LogP contribution in [-0.2, 0) is 43.9 Å². The number of anilines is 1. The first-order valence-electron chi connectivity index (χ1n) is 7.71. The molecule has 2 atom stereocenters. The van der Waals surface area contributed by atoms with Crippen molar-refractivity contribution in [3.8, 4) is 0 Å².